The lowest BCUT2D eigenvalue weighted by molar-refractivity contribution is 0.488. The number of furan rings is 1. The van der Waals surface area contributed by atoms with Crippen molar-refractivity contribution in [3.8, 4) is 0 Å². The smallest absolute Gasteiger partial charge is 0.103 e. The predicted octanol–water partition coefficient (Wildman–Crippen LogP) is 3.86. The van der Waals surface area contributed by atoms with Crippen LogP contribution in [-0.4, -0.2) is 0 Å². The molecule has 96 valence electrons. The van der Waals surface area contributed by atoms with E-state index < -0.39 is 0 Å². The van der Waals surface area contributed by atoms with Gasteiger partial charge in [-0.2, -0.15) is 0 Å². The molecule has 2 N–H and O–H groups in total. The SMILES string of the molecule is CCCc1ccc(C(N)CCc2ccco2)cc1. The largest absolute Gasteiger partial charge is 0.469 e. The van der Waals surface area contributed by atoms with Crippen LogP contribution in [0.5, 0.6) is 0 Å². The standard InChI is InChI=1S/C16H21NO/c1-2-4-13-6-8-14(9-7-13)16(17)11-10-15-5-3-12-18-15/h3,5-9,12,16H,2,4,10-11,17H2,1H3. The summed E-state index contributed by atoms with van der Waals surface area (Å²) in [5, 5.41) is 0. The third-order valence-electron chi connectivity index (χ3n) is 3.23. The normalized spacial score (nSPS) is 12.6. The Morgan fingerprint density at radius 1 is 1.11 bits per heavy atom. The zero-order valence-corrected chi connectivity index (χ0v) is 10.9. The zero-order chi connectivity index (χ0) is 12.8. The molecule has 18 heavy (non-hydrogen) atoms. The summed E-state index contributed by atoms with van der Waals surface area (Å²) < 4.78 is 5.32. The fraction of sp³-hybridized carbons (Fsp3) is 0.375. The molecular weight excluding hydrogens is 222 g/mol. The first-order chi connectivity index (χ1) is 8.79. The molecule has 2 nitrogen and oxygen atoms in total. The average Bonchev–Trinajstić information content (AvgIpc) is 2.90. The molecule has 1 atom stereocenters. The Labute approximate surface area is 109 Å². The van der Waals surface area contributed by atoms with Gasteiger partial charge in [0.15, 0.2) is 0 Å². The van der Waals surface area contributed by atoms with Crippen molar-refractivity contribution in [1.29, 1.82) is 0 Å². The van der Waals surface area contributed by atoms with Crippen LogP contribution in [0.1, 0.15) is 42.7 Å². The van der Waals surface area contributed by atoms with Crippen LogP contribution in [0.4, 0.5) is 0 Å². The van der Waals surface area contributed by atoms with Gasteiger partial charge in [-0.3, -0.25) is 0 Å². The Hall–Kier alpha value is -1.54. The lowest BCUT2D eigenvalue weighted by atomic mass is 10.00. The van der Waals surface area contributed by atoms with Crippen LogP contribution in [0.25, 0.3) is 0 Å². The van der Waals surface area contributed by atoms with Crippen LogP contribution in [0.15, 0.2) is 47.1 Å². The highest BCUT2D eigenvalue weighted by atomic mass is 16.3. The Morgan fingerprint density at radius 3 is 2.50 bits per heavy atom. The Balaban J connectivity index is 1.89. The average molecular weight is 243 g/mol. The number of hydrogen-bond donors (Lipinski definition) is 1. The first kappa shape index (κ1) is 12.9. The van der Waals surface area contributed by atoms with Gasteiger partial charge in [0, 0.05) is 12.5 Å². The highest BCUT2D eigenvalue weighted by molar-refractivity contribution is 5.25. The van der Waals surface area contributed by atoms with Gasteiger partial charge in [-0.1, -0.05) is 37.6 Å². The van der Waals surface area contributed by atoms with E-state index in [2.05, 4.69) is 31.2 Å². The van der Waals surface area contributed by atoms with Crippen molar-refractivity contribution in [2.45, 2.75) is 38.6 Å². The summed E-state index contributed by atoms with van der Waals surface area (Å²) in [5.74, 6) is 1.01. The van der Waals surface area contributed by atoms with Crippen molar-refractivity contribution >= 4 is 0 Å². The lowest BCUT2D eigenvalue weighted by Crippen LogP contribution is -2.11. The molecule has 0 saturated heterocycles. The van der Waals surface area contributed by atoms with Crippen molar-refractivity contribution < 1.29 is 4.42 Å². The third kappa shape index (κ3) is 3.47. The molecule has 0 fully saturated rings. The van der Waals surface area contributed by atoms with Gasteiger partial charge in [0.25, 0.3) is 0 Å². The Kier molecular flexibility index (Phi) is 4.59. The Bertz CT molecular complexity index is 444. The minimum Gasteiger partial charge on any atom is -0.469 e. The van der Waals surface area contributed by atoms with Crippen molar-refractivity contribution in [2.24, 2.45) is 5.73 Å². The van der Waals surface area contributed by atoms with Crippen LogP contribution in [0.3, 0.4) is 0 Å². The monoisotopic (exact) mass is 243 g/mol. The van der Waals surface area contributed by atoms with E-state index in [0.717, 1.165) is 25.0 Å². The molecule has 0 aliphatic carbocycles. The second-order valence-electron chi connectivity index (χ2n) is 4.72. The second kappa shape index (κ2) is 6.41. The number of rotatable bonds is 6. The van der Waals surface area contributed by atoms with Crippen LogP contribution in [0.2, 0.25) is 0 Å². The van der Waals surface area contributed by atoms with Crippen LogP contribution in [-0.2, 0) is 12.8 Å². The van der Waals surface area contributed by atoms with Gasteiger partial charge in [-0.05, 0) is 36.1 Å². The Morgan fingerprint density at radius 2 is 1.89 bits per heavy atom. The fourth-order valence-electron chi connectivity index (χ4n) is 2.14. The lowest BCUT2D eigenvalue weighted by Gasteiger charge is -2.11. The molecule has 2 rings (SSSR count). The maximum atomic E-state index is 6.19. The van der Waals surface area contributed by atoms with E-state index in [-0.39, 0.29) is 6.04 Å². The van der Waals surface area contributed by atoms with E-state index in [4.69, 9.17) is 10.2 Å². The second-order valence-corrected chi connectivity index (χ2v) is 4.72. The maximum Gasteiger partial charge on any atom is 0.103 e. The first-order valence-corrected chi connectivity index (χ1v) is 6.66. The molecular formula is C16H21NO. The minimum atomic E-state index is 0.0887. The highest BCUT2D eigenvalue weighted by Crippen LogP contribution is 2.18. The summed E-state index contributed by atoms with van der Waals surface area (Å²) in [6, 6.07) is 12.7. The van der Waals surface area contributed by atoms with Crippen LogP contribution in [0, 0.1) is 0 Å². The van der Waals surface area contributed by atoms with Crippen molar-refractivity contribution in [3.63, 3.8) is 0 Å². The zero-order valence-electron chi connectivity index (χ0n) is 10.9. The molecule has 2 heteroatoms. The van der Waals surface area contributed by atoms with Crippen LogP contribution >= 0.6 is 0 Å². The van der Waals surface area contributed by atoms with Gasteiger partial charge in [-0.25, -0.2) is 0 Å². The molecule has 0 aliphatic heterocycles. The van der Waals surface area contributed by atoms with Gasteiger partial charge in [0.05, 0.1) is 6.26 Å². The van der Waals surface area contributed by atoms with E-state index >= 15 is 0 Å². The van der Waals surface area contributed by atoms with E-state index in [1.165, 1.54) is 17.5 Å². The summed E-state index contributed by atoms with van der Waals surface area (Å²) in [6.45, 7) is 2.20. The molecule has 0 spiro atoms. The van der Waals surface area contributed by atoms with Gasteiger partial charge in [0.1, 0.15) is 5.76 Å². The number of aryl methyl sites for hydroxylation is 2. The first-order valence-electron chi connectivity index (χ1n) is 6.66. The highest BCUT2D eigenvalue weighted by Gasteiger charge is 2.07. The molecule has 1 heterocycles. The number of nitrogens with two attached hydrogens (primary N) is 1. The summed E-state index contributed by atoms with van der Waals surface area (Å²) in [5.41, 5.74) is 8.79. The van der Waals surface area contributed by atoms with E-state index in [0.29, 0.717) is 0 Å². The van der Waals surface area contributed by atoms with E-state index in [1.807, 2.05) is 12.1 Å². The summed E-state index contributed by atoms with van der Waals surface area (Å²) >= 11 is 0. The van der Waals surface area contributed by atoms with Gasteiger partial charge in [-0.15, -0.1) is 0 Å². The van der Waals surface area contributed by atoms with Gasteiger partial charge in [0.2, 0.25) is 0 Å². The summed E-state index contributed by atoms with van der Waals surface area (Å²) in [7, 11) is 0. The molecule has 0 aliphatic rings. The quantitative estimate of drug-likeness (QED) is 0.836. The molecule has 0 radical (unpaired) electrons. The number of hydrogen-bond acceptors (Lipinski definition) is 2. The molecule has 0 saturated carbocycles. The predicted molar refractivity (Wildman–Crippen MR) is 74.4 cm³/mol. The maximum absolute atomic E-state index is 6.19. The van der Waals surface area contributed by atoms with Gasteiger partial charge >= 0.3 is 0 Å². The van der Waals surface area contributed by atoms with Crippen molar-refractivity contribution in [2.75, 3.05) is 0 Å². The third-order valence-corrected chi connectivity index (χ3v) is 3.23. The van der Waals surface area contributed by atoms with Crippen molar-refractivity contribution in [1.82, 2.24) is 0 Å². The van der Waals surface area contributed by atoms with Crippen LogP contribution < -0.4 is 5.73 Å². The van der Waals surface area contributed by atoms with Gasteiger partial charge < -0.3 is 10.2 Å². The van der Waals surface area contributed by atoms with Crippen molar-refractivity contribution in [3.05, 3.63) is 59.5 Å². The molecule has 1 aromatic carbocycles. The molecule has 1 aromatic heterocycles. The fourth-order valence-corrected chi connectivity index (χ4v) is 2.14. The van der Waals surface area contributed by atoms with E-state index in [1.54, 1.807) is 6.26 Å². The topological polar surface area (TPSA) is 39.2 Å². The number of benzene rings is 1. The molecule has 0 amide bonds. The summed E-state index contributed by atoms with van der Waals surface area (Å²) in [4.78, 5) is 0. The molecule has 0 bridgehead atoms. The van der Waals surface area contributed by atoms with E-state index in [9.17, 15) is 0 Å². The minimum absolute atomic E-state index is 0.0887. The molecule has 2 aromatic rings. The molecule has 1 unspecified atom stereocenters. The summed E-state index contributed by atoms with van der Waals surface area (Å²) in [6.07, 6.45) is 5.84.